The molecular formula is C13H23N3O2S. The summed E-state index contributed by atoms with van der Waals surface area (Å²) < 4.78 is 0.0501. The summed E-state index contributed by atoms with van der Waals surface area (Å²) in [7, 11) is 0. The van der Waals surface area contributed by atoms with Gasteiger partial charge >= 0.3 is 11.8 Å². The van der Waals surface area contributed by atoms with Crippen LogP contribution in [0.5, 0.6) is 0 Å². The summed E-state index contributed by atoms with van der Waals surface area (Å²) >= 11 is 1.86. The average molecular weight is 285 g/mol. The van der Waals surface area contributed by atoms with Gasteiger partial charge in [0.25, 0.3) is 0 Å². The van der Waals surface area contributed by atoms with Crippen molar-refractivity contribution >= 4 is 23.6 Å². The minimum Gasteiger partial charge on any atom is -0.333 e. The van der Waals surface area contributed by atoms with Gasteiger partial charge in [0.05, 0.1) is 0 Å². The van der Waals surface area contributed by atoms with Crippen LogP contribution >= 0.6 is 11.8 Å². The first kappa shape index (κ1) is 14.7. The molecule has 2 aliphatic rings. The van der Waals surface area contributed by atoms with Crippen molar-refractivity contribution in [2.45, 2.75) is 25.0 Å². The highest BCUT2D eigenvalue weighted by Gasteiger charge is 2.34. The molecule has 0 aromatic rings. The SMILES string of the molecule is CC1(C)CN(C(=O)C(=O)N2CCCNCC2)CCS1. The Bertz CT molecular complexity index is 352. The standard InChI is InChI=1S/C13H23N3O2S/c1-13(2)10-16(8-9-19-13)12(18)11(17)15-6-3-4-14-5-7-15/h14H,3-10H2,1-2H3. The Kier molecular flexibility index (Phi) is 4.73. The minimum atomic E-state index is -0.327. The summed E-state index contributed by atoms with van der Waals surface area (Å²) in [6, 6.07) is 0. The number of nitrogens with zero attached hydrogens (tertiary/aromatic N) is 2. The van der Waals surface area contributed by atoms with E-state index in [-0.39, 0.29) is 16.6 Å². The molecule has 0 aliphatic carbocycles. The quantitative estimate of drug-likeness (QED) is 0.644. The molecule has 2 amide bonds. The van der Waals surface area contributed by atoms with Crippen molar-refractivity contribution in [3.05, 3.63) is 0 Å². The number of carbonyl (C=O) groups excluding carboxylic acids is 2. The zero-order valence-corrected chi connectivity index (χ0v) is 12.6. The molecular weight excluding hydrogens is 262 g/mol. The van der Waals surface area contributed by atoms with Gasteiger partial charge in [-0.3, -0.25) is 9.59 Å². The lowest BCUT2D eigenvalue weighted by Crippen LogP contribution is -2.52. The number of carbonyl (C=O) groups is 2. The Morgan fingerprint density at radius 3 is 2.53 bits per heavy atom. The van der Waals surface area contributed by atoms with Crippen LogP contribution < -0.4 is 5.32 Å². The first-order valence-corrected chi connectivity index (χ1v) is 7.91. The third-order valence-corrected chi connectivity index (χ3v) is 4.82. The molecule has 0 aromatic heterocycles. The summed E-state index contributed by atoms with van der Waals surface area (Å²) in [5.41, 5.74) is 0. The number of nitrogens with one attached hydrogen (secondary N) is 1. The van der Waals surface area contributed by atoms with Crippen molar-refractivity contribution in [2.75, 3.05) is 45.0 Å². The van der Waals surface area contributed by atoms with Gasteiger partial charge in [-0.15, -0.1) is 0 Å². The van der Waals surface area contributed by atoms with E-state index in [0.717, 1.165) is 25.3 Å². The maximum atomic E-state index is 12.3. The lowest BCUT2D eigenvalue weighted by atomic mass is 10.2. The molecule has 6 heteroatoms. The highest BCUT2D eigenvalue weighted by Crippen LogP contribution is 2.29. The normalized spacial score (nSPS) is 23.9. The Labute approximate surface area is 119 Å². The summed E-state index contributed by atoms with van der Waals surface area (Å²) in [6.45, 7) is 8.61. The number of hydrogen-bond donors (Lipinski definition) is 1. The average Bonchev–Trinajstić information content (AvgIpc) is 2.64. The molecule has 0 aromatic carbocycles. The lowest BCUT2D eigenvalue weighted by molar-refractivity contribution is -0.151. The van der Waals surface area contributed by atoms with Gasteiger partial charge < -0.3 is 15.1 Å². The highest BCUT2D eigenvalue weighted by atomic mass is 32.2. The summed E-state index contributed by atoms with van der Waals surface area (Å²) in [5, 5.41) is 3.24. The Hall–Kier alpha value is -0.750. The molecule has 0 atom stereocenters. The van der Waals surface area contributed by atoms with Crippen molar-refractivity contribution in [1.82, 2.24) is 15.1 Å². The van der Waals surface area contributed by atoms with E-state index >= 15 is 0 Å². The van der Waals surface area contributed by atoms with Crippen molar-refractivity contribution in [2.24, 2.45) is 0 Å². The monoisotopic (exact) mass is 285 g/mol. The molecule has 0 bridgehead atoms. The molecule has 108 valence electrons. The van der Waals surface area contributed by atoms with Crippen LogP contribution in [0, 0.1) is 0 Å². The zero-order chi connectivity index (χ0) is 13.9. The Balaban J connectivity index is 1.96. The third kappa shape index (κ3) is 3.86. The molecule has 0 radical (unpaired) electrons. The fourth-order valence-corrected chi connectivity index (χ4v) is 3.62. The van der Waals surface area contributed by atoms with Gasteiger partial charge in [-0.2, -0.15) is 11.8 Å². The molecule has 1 N–H and O–H groups in total. The molecule has 19 heavy (non-hydrogen) atoms. The van der Waals surface area contributed by atoms with Crippen molar-refractivity contribution < 1.29 is 9.59 Å². The number of amides is 2. The molecule has 2 fully saturated rings. The van der Waals surface area contributed by atoms with E-state index in [0.29, 0.717) is 26.2 Å². The fraction of sp³-hybridized carbons (Fsp3) is 0.846. The maximum Gasteiger partial charge on any atom is 0.312 e. The topological polar surface area (TPSA) is 52.7 Å². The van der Waals surface area contributed by atoms with E-state index in [1.807, 2.05) is 11.8 Å². The van der Waals surface area contributed by atoms with E-state index < -0.39 is 0 Å². The van der Waals surface area contributed by atoms with Gasteiger partial charge in [0.2, 0.25) is 0 Å². The van der Waals surface area contributed by atoms with Crippen LogP contribution in [0.2, 0.25) is 0 Å². The van der Waals surface area contributed by atoms with Crippen LogP contribution in [-0.4, -0.2) is 71.4 Å². The summed E-state index contributed by atoms with van der Waals surface area (Å²) in [4.78, 5) is 28.0. The minimum absolute atomic E-state index is 0.0501. The van der Waals surface area contributed by atoms with E-state index in [4.69, 9.17) is 0 Å². The largest absolute Gasteiger partial charge is 0.333 e. The first-order valence-electron chi connectivity index (χ1n) is 6.92. The van der Waals surface area contributed by atoms with Crippen LogP contribution in [0.15, 0.2) is 0 Å². The van der Waals surface area contributed by atoms with Crippen LogP contribution in [0.4, 0.5) is 0 Å². The van der Waals surface area contributed by atoms with Crippen molar-refractivity contribution in [3.63, 3.8) is 0 Å². The van der Waals surface area contributed by atoms with E-state index in [1.54, 1.807) is 9.80 Å². The molecule has 5 nitrogen and oxygen atoms in total. The summed E-state index contributed by atoms with van der Waals surface area (Å²) in [5.74, 6) is 0.259. The third-order valence-electron chi connectivity index (χ3n) is 3.52. The maximum absolute atomic E-state index is 12.3. The molecule has 0 unspecified atom stereocenters. The van der Waals surface area contributed by atoms with Crippen molar-refractivity contribution in [1.29, 1.82) is 0 Å². The lowest BCUT2D eigenvalue weighted by Gasteiger charge is -2.37. The van der Waals surface area contributed by atoms with Gasteiger partial charge in [0.15, 0.2) is 0 Å². The van der Waals surface area contributed by atoms with E-state index in [9.17, 15) is 9.59 Å². The van der Waals surface area contributed by atoms with E-state index in [1.165, 1.54) is 0 Å². The summed E-state index contributed by atoms with van der Waals surface area (Å²) in [6.07, 6.45) is 0.917. The molecule has 0 saturated carbocycles. The van der Waals surface area contributed by atoms with Gasteiger partial charge in [-0.05, 0) is 26.8 Å². The van der Waals surface area contributed by atoms with Gasteiger partial charge in [-0.25, -0.2) is 0 Å². The molecule has 2 aliphatic heterocycles. The smallest absolute Gasteiger partial charge is 0.312 e. The predicted molar refractivity (Wildman–Crippen MR) is 77.2 cm³/mol. The second kappa shape index (κ2) is 6.13. The van der Waals surface area contributed by atoms with Gasteiger partial charge in [0.1, 0.15) is 0 Å². The van der Waals surface area contributed by atoms with Crippen LogP contribution in [0.3, 0.4) is 0 Å². The van der Waals surface area contributed by atoms with E-state index in [2.05, 4.69) is 19.2 Å². The molecule has 2 rings (SSSR count). The molecule has 2 saturated heterocycles. The van der Waals surface area contributed by atoms with Crippen LogP contribution in [0.1, 0.15) is 20.3 Å². The van der Waals surface area contributed by atoms with Crippen LogP contribution in [0.25, 0.3) is 0 Å². The van der Waals surface area contributed by atoms with Gasteiger partial charge in [0, 0.05) is 43.2 Å². The second-order valence-corrected chi connectivity index (χ2v) is 7.53. The molecule has 0 spiro atoms. The number of rotatable bonds is 0. The first-order chi connectivity index (χ1) is 8.99. The van der Waals surface area contributed by atoms with Crippen LogP contribution in [-0.2, 0) is 9.59 Å². The Morgan fingerprint density at radius 2 is 1.79 bits per heavy atom. The fourth-order valence-electron chi connectivity index (χ4n) is 2.51. The zero-order valence-electron chi connectivity index (χ0n) is 11.8. The second-order valence-electron chi connectivity index (χ2n) is 5.73. The Morgan fingerprint density at radius 1 is 1.05 bits per heavy atom. The molecule has 2 heterocycles. The highest BCUT2D eigenvalue weighted by molar-refractivity contribution is 8.00. The number of thioether (sulfide) groups is 1. The van der Waals surface area contributed by atoms with Crippen molar-refractivity contribution in [3.8, 4) is 0 Å². The number of hydrogen-bond acceptors (Lipinski definition) is 4. The van der Waals surface area contributed by atoms with Gasteiger partial charge in [-0.1, -0.05) is 0 Å². The predicted octanol–water partition coefficient (Wildman–Crippen LogP) is 0.162.